The van der Waals surface area contributed by atoms with E-state index < -0.39 is 0 Å². The van der Waals surface area contributed by atoms with Crippen molar-refractivity contribution in [2.75, 3.05) is 0 Å². The van der Waals surface area contributed by atoms with Gasteiger partial charge in [-0.2, -0.15) is 0 Å². The van der Waals surface area contributed by atoms with Gasteiger partial charge in [0.05, 0.1) is 9.50 Å². The topological polar surface area (TPSA) is 25.8 Å². The molecule has 0 radical (unpaired) electrons. The number of nitrogens with zero attached hydrogens (tertiary/aromatic N) is 2. The number of halogens is 2. The van der Waals surface area contributed by atoms with Gasteiger partial charge in [0.1, 0.15) is 10.1 Å². The van der Waals surface area contributed by atoms with Gasteiger partial charge in [-0.05, 0) is 65.3 Å². The van der Waals surface area contributed by atoms with Gasteiger partial charge in [0, 0.05) is 11.9 Å². The molecule has 0 fully saturated rings. The summed E-state index contributed by atoms with van der Waals surface area (Å²) in [5.41, 5.74) is 2.21. The van der Waals surface area contributed by atoms with Gasteiger partial charge in [0.25, 0.3) is 0 Å². The molecule has 0 bridgehead atoms. The van der Waals surface area contributed by atoms with Crippen molar-refractivity contribution in [2.24, 2.45) is 0 Å². The first kappa shape index (κ1) is 12.9. The van der Waals surface area contributed by atoms with Crippen LogP contribution in [0.5, 0.6) is 0 Å². The van der Waals surface area contributed by atoms with E-state index in [4.69, 9.17) is 11.6 Å². The molecule has 2 heterocycles. The van der Waals surface area contributed by atoms with Crippen molar-refractivity contribution in [1.29, 1.82) is 0 Å². The molecule has 0 spiro atoms. The number of aryl methyl sites for hydroxylation is 2. The van der Waals surface area contributed by atoms with Gasteiger partial charge in [-0.1, -0.05) is 11.6 Å². The van der Waals surface area contributed by atoms with Gasteiger partial charge in [-0.15, -0.1) is 0 Å². The summed E-state index contributed by atoms with van der Waals surface area (Å²) in [4.78, 5) is 8.74. The molecule has 0 aliphatic heterocycles. The number of hydrogen-bond donors (Lipinski definition) is 0. The van der Waals surface area contributed by atoms with Crippen LogP contribution in [-0.4, -0.2) is 9.97 Å². The molecule has 0 aliphatic rings. The summed E-state index contributed by atoms with van der Waals surface area (Å²) in [6.45, 7) is 4.05. The van der Waals surface area contributed by atoms with E-state index in [1.807, 2.05) is 25.1 Å². The highest BCUT2D eigenvalue weighted by molar-refractivity contribution is 9.10. The number of aromatic nitrogens is 2. The van der Waals surface area contributed by atoms with Crippen molar-refractivity contribution in [3.63, 3.8) is 0 Å². The van der Waals surface area contributed by atoms with Crippen LogP contribution < -0.4 is 0 Å². The van der Waals surface area contributed by atoms with E-state index in [1.54, 1.807) is 6.20 Å². The van der Waals surface area contributed by atoms with Crippen molar-refractivity contribution in [1.82, 2.24) is 9.97 Å². The Morgan fingerprint density at radius 2 is 2.00 bits per heavy atom. The minimum absolute atomic E-state index is 0.620. The zero-order chi connectivity index (χ0) is 12.4. The van der Waals surface area contributed by atoms with Crippen LogP contribution in [-0.2, 0) is 0 Å². The van der Waals surface area contributed by atoms with E-state index in [-0.39, 0.29) is 0 Å². The fourth-order valence-corrected chi connectivity index (χ4v) is 3.21. The van der Waals surface area contributed by atoms with Crippen molar-refractivity contribution < 1.29 is 0 Å². The van der Waals surface area contributed by atoms with E-state index in [2.05, 4.69) is 32.8 Å². The lowest BCUT2D eigenvalue weighted by atomic mass is 10.3. The van der Waals surface area contributed by atoms with Crippen LogP contribution in [0.3, 0.4) is 0 Å². The summed E-state index contributed by atoms with van der Waals surface area (Å²) in [6, 6.07) is 5.92. The predicted octanol–water partition coefficient (Wildman–Crippen LogP) is 4.66. The molecule has 0 aliphatic carbocycles. The third kappa shape index (κ3) is 3.44. The molecule has 5 heteroatoms. The Labute approximate surface area is 118 Å². The monoisotopic (exact) mass is 328 g/mol. The van der Waals surface area contributed by atoms with Crippen LogP contribution in [0.2, 0.25) is 5.02 Å². The Kier molecular flexibility index (Phi) is 4.07. The van der Waals surface area contributed by atoms with Gasteiger partial charge in [-0.25, -0.2) is 9.97 Å². The summed E-state index contributed by atoms with van der Waals surface area (Å²) < 4.78 is 0.885. The summed E-state index contributed by atoms with van der Waals surface area (Å²) in [6.07, 6.45) is 1.64. The highest BCUT2D eigenvalue weighted by Crippen LogP contribution is 2.32. The maximum absolute atomic E-state index is 5.85. The molecule has 0 atom stereocenters. The maximum Gasteiger partial charge on any atom is 0.117 e. The standard InChI is InChI=1S/C12H10BrClN2S/c1-7-3-8(2)16-11(4-7)17-12-10(13)5-9(14)6-15-12/h3-6H,1-2H3. The van der Waals surface area contributed by atoms with Crippen molar-refractivity contribution in [3.8, 4) is 0 Å². The minimum atomic E-state index is 0.620. The first-order valence-corrected chi connectivity index (χ1v) is 6.97. The Bertz CT molecular complexity index is 540. The normalized spacial score (nSPS) is 10.6. The highest BCUT2D eigenvalue weighted by atomic mass is 79.9. The number of hydrogen-bond acceptors (Lipinski definition) is 3. The lowest BCUT2D eigenvalue weighted by Crippen LogP contribution is -1.88. The number of rotatable bonds is 2. The van der Waals surface area contributed by atoms with E-state index in [0.717, 1.165) is 20.2 Å². The molecule has 2 aromatic rings. The maximum atomic E-state index is 5.85. The van der Waals surface area contributed by atoms with Crippen LogP contribution in [0.15, 0.2) is 38.9 Å². The molecule has 0 unspecified atom stereocenters. The molecule has 0 saturated carbocycles. The molecule has 0 N–H and O–H groups in total. The molecule has 2 rings (SSSR count). The summed E-state index contributed by atoms with van der Waals surface area (Å²) in [5, 5.41) is 2.43. The average Bonchev–Trinajstić information content (AvgIpc) is 2.21. The Balaban J connectivity index is 2.31. The lowest BCUT2D eigenvalue weighted by molar-refractivity contribution is 1.03. The largest absolute Gasteiger partial charge is 0.247 e. The lowest BCUT2D eigenvalue weighted by Gasteiger charge is -2.05. The van der Waals surface area contributed by atoms with Gasteiger partial charge in [0.2, 0.25) is 0 Å². The van der Waals surface area contributed by atoms with Crippen LogP contribution in [0, 0.1) is 13.8 Å². The van der Waals surface area contributed by atoms with Gasteiger partial charge in [0.15, 0.2) is 0 Å². The molecule has 88 valence electrons. The Morgan fingerprint density at radius 3 is 2.65 bits per heavy atom. The average molecular weight is 330 g/mol. The fourth-order valence-electron chi connectivity index (χ4n) is 1.43. The fraction of sp³-hybridized carbons (Fsp3) is 0.167. The second-order valence-corrected chi connectivity index (χ2v) is 5.97. The summed E-state index contributed by atoms with van der Waals surface area (Å²) >= 11 is 10.8. The molecule has 2 aromatic heterocycles. The van der Waals surface area contributed by atoms with Gasteiger partial charge in [-0.3, -0.25) is 0 Å². The zero-order valence-electron chi connectivity index (χ0n) is 9.37. The van der Waals surface area contributed by atoms with Gasteiger partial charge < -0.3 is 0 Å². The summed E-state index contributed by atoms with van der Waals surface area (Å²) in [7, 11) is 0. The molecular formula is C12H10BrClN2S. The van der Waals surface area contributed by atoms with Crippen LogP contribution in [0.4, 0.5) is 0 Å². The molecule has 2 nitrogen and oxygen atoms in total. The highest BCUT2D eigenvalue weighted by Gasteiger charge is 2.06. The molecule has 0 saturated heterocycles. The SMILES string of the molecule is Cc1cc(C)nc(Sc2ncc(Cl)cc2Br)c1. The molecule has 17 heavy (non-hydrogen) atoms. The quantitative estimate of drug-likeness (QED) is 0.801. The predicted molar refractivity (Wildman–Crippen MR) is 74.8 cm³/mol. The third-order valence-corrected chi connectivity index (χ3v) is 4.06. The van der Waals surface area contributed by atoms with Crippen LogP contribution >= 0.6 is 39.3 Å². The third-order valence-electron chi connectivity index (χ3n) is 2.05. The van der Waals surface area contributed by atoms with Crippen molar-refractivity contribution in [2.45, 2.75) is 23.9 Å². The smallest absolute Gasteiger partial charge is 0.117 e. The minimum Gasteiger partial charge on any atom is -0.247 e. The van der Waals surface area contributed by atoms with Crippen molar-refractivity contribution in [3.05, 3.63) is 45.1 Å². The van der Waals surface area contributed by atoms with Gasteiger partial charge >= 0.3 is 0 Å². The van der Waals surface area contributed by atoms with Crippen molar-refractivity contribution >= 4 is 39.3 Å². The van der Waals surface area contributed by atoms with Crippen LogP contribution in [0.25, 0.3) is 0 Å². The molecule has 0 amide bonds. The van der Waals surface area contributed by atoms with E-state index in [9.17, 15) is 0 Å². The van der Waals surface area contributed by atoms with Crippen LogP contribution in [0.1, 0.15) is 11.3 Å². The van der Waals surface area contributed by atoms with E-state index >= 15 is 0 Å². The Morgan fingerprint density at radius 1 is 1.24 bits per heavy atom. The summed E-state index contributed by atoms with van der Waals surface area (Å²) in [5.74, 6) is 0. The number of pyridine rings is 2. The first-order chi connectivity index (χ1) is 8.04. The molecular weight excluding hydrogens is 320 g/mol. The van der Waals surface area contributed by atoms with E-state index in [0.29, 0.717) is 5.02 Å². The second-order valence-electron chi connectivity index (χ2n) is 3.67. The zero-order valence-corrected chi connectivity index (χ0v) is 12.5. The second kappa shape index (κ2) is 5.38. The Hall–Kier alpha value is -0.580. The molecule has 0 aromatic carbocycles. The first-order valence-electron chi connectivity index (χ1n) is 4.99. The van der Waals surface area contributed by atoms with E-state index in [1.165, 1.54) is 17.3 Å².